The topological polar surface area (TPSA) is 26.0 Å². The molecule has 2 heteroatoms. The van der Waals surface area contributed by atoms with Gasteiger partial charge in [-0.1, -0.05) is 30.8 Å². The number of halogens is 1. The highest BCUT2D eigenvalue weighted by molar-refractivity contribution is 6.31. The molecular formula is C7H10ClN. The van der Waals surface area contributed by atoms with E-state index in [9.17, 15) is 0 Å². The van der Waals surface area contributed by atoms with E-state index in [2.05, 4.69) is 13.2 Å². The molecule has 0 aliphatic carbocycles. The molecule has 0 amide bonds. The fourth-order valence-corrected chi connectivity index (χ4v) is 0.428. The van der Waals surface area contributed by atoms with Crippen LogP contribution in [-0.4, -0.2) is 0 Å². The Hall–Kier alpha value is -0.690. The maximum atomic E-state index is 5.63. The number of hydrogen-bond donors (Lipinski definition) is 1. The van der Waals surface area contributed by atoms with Gasteiger partial charge in [0.05, 0.1) is 0 Å². The van der Waals surface area contributed by atoms with Crippen LogP contribution in [0.2, 0.25) is 0 Å². The maximum absolute atomic E-state index is 5.63. The highest BCUT2D eigenvalue weighted by atomic mass is 35.5. The van der Waals surface area contributed by atoms with Crippen LogP contribution in [0.3, 0.4) is 0 Å². The van der Waals surface area contributed by atoms with Gasteiger partial charge in [-0.2, -0.15) is 0 Å². The second-order valence-electron chi connectivity index (χ2n) is 1.70. The van der Waals surface area contributed by atoms with Gasteiger partial charge in [0.1, 0.15) is 0 Å². The first-order valence-corrected chi connectivity index (χ1v) is 2.91. The van der Waals surface area contributed by atoms with E-state index in [1.54, 1.807) is 6.92 Å². The highest BCUT2D eigenvalue weighted by Crippen LogP contribution is 2.12. The molecule has 0 aliphatic rings. The zero-order valence-electron chi connectivity index (χ0n) is 5.45. The fourth-order valence-electron chi connectivity index (χ4n) is 0.306. The van der Waals surface area contributed by atoms with Crippen LogP contribution >= 0.6 is 11.6 Å². The van der Waals surface area contributed by atoms with Gasteiger partial charge in [0, 0.05) is 10.7 Å². The van der Waals surface area contributed by atoms with Crippen molar-refractivity contribution in [1.29, 1.82) is 0 Å². The summed E-state index contributed by atoms with van der Waals surface area (Å²) in [5.74, 6) is 0. The predicted molar refractivity (Wildman–Crippen MR) is 42.1 cm³/mol. The Morgan fingerprint density at radius 1 is 1.67 bits per heavy atom. The molecular weight excluding hydrogens is 134 g/mol. The summed E-state index contributed by atoms with van der Waals surface area (Å²) in [6.07, 6.45) is 1.54. The van der Waals surface area contributed by atoms with Crippen molar-refractivity contribution >= 4 is 11.6 Å². The van der Waals surface area contributed by atoms with E-state index in [-0.39, 0.29) is 0 Å². The molecule has 2 N–H and O–H groups in total. The van der Waals surface area contributed by atoms with Gasteiger partial charge in [-0.15, -0.1) is 0 Å². The minimum atomic E-state index is 0.486. The SMILES string of the molecule is C=C/C(Cl)=C(/C)C(=C)N. The second-order valence-corrected chi connectivity index (χ2v) is 2.11. The number of rotatable bonds is 2. The first-order valence-electron chi connectivity index (χ1n) is 2.53. The molecule has 0 unspecified atom stereocenters. The van der Waals surface area contributed by atoms with Crippen molar-refractivity contribution in [3.8, 4) is 0 Å². The largest absolute Gasteiger partial charge is 0.399 e. The van der Waals surface area contributed by atoms with Crippen LogP contribution in [0.15, 0.2) is 35.5 Å². The minimum Gasteiger partial charge on any atom is -0.399 e. The third-order valence-electron chi connectivity index (χ3n) is 1.02. The van der Waals surface area contributed by atoms with Gasteiger partial charge in [0.2, 0.25) is 0 Å². The summed E-state index contributed by atoms with van der Waals surface area (Å²) in [5.41, 5.74) is 6.60. The van der Waals surface area contributed by atoms with Crippen molar-refractivity contribution in [3.63, 3.8) is 0 Å². The highest BCUT2D eigenvalue weighted by Gasteiger charge is 1.93. The van der Waals surface area contributed by atoms with E-state index >= 15 is 0 Å². The standard InChI is InChI=1S/C7H10ClN/c1-4-7(8)5(2)6(3)9/h4H,1,3,9H2,2H3/b7-5+. The molecule has 9 heavy (non-hydrogen) atoms. The van der Waals surface area contributed by atoms with Crippen molar-refractivity contribution in [1.82, 2.24) is 0 Å². The first kappa shape index (κ1) is 8.31. The van der Waals surface area contributed by atoms with Crippen molar-refractivity contribution in [2.45, 2.75) is 6.92 Å². The van der Waals surface area contributed by atoms with Crippen LogP contribution in [0.5, 0.6) is 0 Å². The van der Waals surface area contributed by atoms with E-state index in [0.29, 0.717) is 10.7 Å². The lowest BCUT2D eigenvalue weighted by molar-refractivity contribution is 1.30. The number of allylic oxidation sites excluding steroid dienone is 3. The zero-order chi connectivity index (χ0) is 7.44. The monoisotopic (exact) mass is 143 g/mol. The summed E-state index contributed by atoms with van der Waals surface area (Å²) in [6.45, 7) is 8.79. The molecule has 0 atom stereocenters. The molecule has 0 heterocycles. The van der Waals surface area contributed by atoms with Crippen LogP contribution in [0.1, 0.15) is 6.92 Å². The van der Waals surface area contributed by atoms with Crippen molar-refractivity contribution < 1.29 is 0 Å². The lowest BCUT2D eigenvalue weighted by Gasteiger charge is -1.98. The van der Waals surface area contributed by atoms with Gasteiger partial charge in [0.15, 0.2) is 0 Å². The molecule has 0 fully saturated rings. The smallest absolute Gasteiger partial charge is 0.0449 e. The molecule has 0 aromatic carbocycles. The van der Waals surface area contributed by atoms with Crippen molar-refractivity contribution in [3.05, 3.63) is 35.5 Å². The van der Waals surface area contributed by atoms with Gasteiger partial charge in [-0.05, 0) is 12.5 Å². The van der Waals surface area contributed by atoms with Gasteiger partial charge in [0.25, 0.3) is 0 Å². The van der Waals surface area contributed by atoms with Gasteiger partial charge < -0.3 is 5.73 Å². The lowest BCUT2D eigenvalue weighted by atomic mass is 10.2. The second kappa shape index (κ2) is 3.36. The normalized spacial score (nSPS) is 12.2. The summed E-state index contributed by atoms with van der Waals surface area (Å²) < 4.78 is 0. The van der Waals surface area contributed by atoms with E-state index in [4.69, 9.17) is 17.3 Å². The molecule has 0 spiro atoms. The lowest BCUT2D eigenvalue weighted by Crippen LogP contribution is -1.96. The molecule has 1 nitrogen and oxygen atoms in total. The molecule has 50 valence electrons. The fraction of sp³-hybridized carbons (Fsp3) is 0.143. The van der Waals surface area contributed by atoms with E-state index in [1.165, 1.54) is 6.08 Å². The molecule has 0 radical (unpaired) electrons. The van der Waals surface area contributed by atoms with Crippen LogP contribution in [0, 0.1) is 0 Å². The van der Waals surface area contributed by atoms with E-state index in [0.717, 1.165) is 5.57 Å². The Labute approximate surface area is 60.5 Å². The van der Waals surface area contributed by atoms with Gasteiger partial charge in [-0.25, -0.2) is 0 Å². The molecule has 0 bridgehead atoms. The average molecular weight is 144 g/mol. The maximum Gasteiger partial charge on any atom is 0.0449 e. The summed E-state index contributed by atoms with van der Waals surface area (Å²) in [5, 5.41) is 0.558. The van der Waals surface area contributed by atoms with Crippen molar-refractivity contribution in [2.24, 2.45) is 5.73 Å². The predicted octanol–water partition coefficient (Wildman–Crippen LogP) is 2.16. The molecule has 0 saturated carbocycles. The minimum absolute atomic E-state index is 0.486. The van der Waals surface area contributed by atoms with Gasteiger partial charge in [-0.3, -0.25) is 0 Å². The van der Waals surface area contributed by atoms with Gasteiger partial charge >= 0.3 is 0 Å². The Morgan fingerprint density at radius 3 is 2.22 bits per heavy atom. The average Bonchev–Trinajstić information content (AvgIpc) is 1.84. The molecule has 0 rings (SSSR count). The molecule has 0 aliphatic heterocycles. The molecule has 0 saturated heterocycles. The molecule has 0 aromatic heterocycles. The number of nitrogens with two attached hydrogens (primary N) is 1. The zero-order valence-corrected chi connectivity index (χ0v) is 6.20. The Balaban J connectivity index is 4.47. The Kier molecular flexibility index (Phi) is 3.10. The first-order chi connectivity index (χ1) is 4.09. The summed E-state index contributed by atoms with van der Waals surface area (Å²) in [6, 6.07) is 0. The quantitative estimate of drug-likeness (QED) is 0.589. The third kappa shape index (κ3) is 2.38. The summed E-state index contributed by atoms with van der Waals surface area (Å²) in [7, 11) is 0. The van der Waals surface area contributed by atoms with E-state index < -0.39 is 0 Å². The van der Waals surface area contributed by atoms with E-state index in [1.807, 2.05) is 0 Å². The van der Waals surface area contributed by atoms with Crippen LogP contribution < -0.4 is 5.73 Å². The third-order valence-corrected chi connectivity index (χ3v) is 1.46. The summed E-state index contributed by atoms with van der Waals surface area (Å²) in [4.78, 5) is 0. The Morgan fingerprint density at radius 2 is 2.11 bits per heavy atom. The molecule has 0 aromatic rings. The van der Waals surface area contributed by atoms with Crippen molar-refractivity contribution in [2.75, 3.05) is 0 Å². The summed E-state index contributed by atoms with van der Waals surface area (Å²) >= 11 is 5.63. The van der Waals surface area contributed by atoms with Crippen LogP contribution in [-0.2, 0) is 0 Å². The number of hydrogen-bond acceptors (Lipinski definition) is 1. The van der Waals surface area contributed by atoms with Crippen LogP contribution in [0.25, 0.3) is 0 Å². The van der Waals surface area contributed by atoms with Crippen LogP contribution in [0.4, 0.5) is 0 Å². The Bertz CT molecular complexity index is 168.